The molecule has 2 aromatic rings. The average Bonchev–Trinajstić information content (AvgIpc) is 2.84. The van der Waals surface area contributed by atoms with Crippen molar-refractivity contribution in [2.75, 3.05) is 40.4 Å². The van der Waals surface area contributed by atoms with E-state index in [1.807, 2.05) is 50.5 Å². The molecule has 35 heavy (non-hydrogen) atoms. The van der Waals surface area contributed by atoms with Crippen molar-refractivity contribution in [2.45, 2.75) is 26.7 Å². The first kappa shape index (κ1) is 32.1. The summed E-state index contributed by atoms with van der Waals surface area (Å²) in [4.78, 5) is 15.4. The van der Waals surface area contributed by atoms with E-state index in [4.69, 9.17) is 10.2 Å². The van der Waals surface area contributed by atoms with E-state index < -0.39 is 0 Å². The van der Waals surface area contributed by atoms with E-state index in [1.54, 1.807) is 12.4 Å². The normalized spacial score (nSPS) is 13.4. The number of aromatic hydroxyl groups is 2. The minimum absolute atomic E-state index is 0. The van der Waals surface area contributed by atoms with Gasteiger partial charge in [-0.15, -0.1) is 0 Å². The van der Waals surface area contributed by atoms with Gasteiger partial charge in [-0.1, -0.05) is 0 Å². The zero-order valence-electron chi connectivity index (χ0n) is 20.9. The van der Waals surface area contributed by atoms with Crippen molar-refractivity contribution in [2.24, 2.45) is 9.98 Å². The Bertz CT molecular complexity index is 869. The van der Waals surface area contributed by atoms with Crippen LogP contribution in [0.4, 0.5) is 0 Å². The van der Waals surface area contributed by atoms with Crippen LogP contribution in [0.15, 0.2) is 34.3 Å². The summed E-state index contributed by atoms with van der Waals surface area (Å²) in [5, 5.41) is 35.1. The molecule has 194 valence electrons. The van der Waals surface area contributed by atoms with Crippen LogP contribution in [0.25, 0.3) is 0 Å². The number of nitrogens with zero attached hydrogens (tertiary/aromatic N) is 2. The maximum Gasteiger partial charge on any atom is 0.172 e. The van der Waals surface area contributed by atoms with Crippen molar-refractivity contribution in [1.29, 1.82) is 0 Å². The van der Waals surface area contributed by atoms with Crippen molar-refractivity contribution >= 4 is 24.9 Å². The third kappa shape index (κ3) is 10.9. The van der Waals surface area contributed by atoms with Crippen molar-refractivity contribution < 1.29 is 46.9 Å². The molecule has 1 heterocycles. The van der Waals surface area contributed by atoms with Crippen molar-refractivity contribution in [3.63, 3.8) is 0 Å². The van der Waals surface area contributed by atoms with Gasteiger partial charge in [-0.05, 0) is 55.7 Å². The van der Waals surface area contributed by atoms with Gasteiger partial charge in [0, 0.05) is 67.4 Å². The van der Waals surface area contributed by atoms with Gasteiger partial charge in [-0.2, -0.15) is 0 Å². The molecule has 0 spiro atoms. The zero-order chi connectivity index (χ0) is 25.3. The van der Waals surface area contributed by atoms with E-state index in [0.29, 0.717) is 13.1 Å². The summed E-state index contributed by atoms with van der Waals surface area (Å²) < 4.78 is 0. The Kier molecular flexibility index (Phi) is 16.9. The molecule has 0 saturated heterocycles. The standard InChI is InChI=1S/C24H28N4O2.2CH4O.Ni/c1-17-9-19-13-25-5-3-7-27-15-21-11-18(2)12-22(24(21)30)16-28-8-4-6-26-14-20(10-17)23(19)29;2*1-2;/h9-16,29-30H,3-8H2,1-2H3;2*2H,1H3;/p+2. The predicted octanol–water partition coefficient (Wildman–Crippen LogP) is -0.740. The number of phenols is 2. The molecule has 0 aromatic heterocycles. The van der Waals surface area contributed by atoms with Crippen molar-refractivity contribution in [1.82, 2.24) is 0 Å². The molecule has 0 radical (unpaired) electrons. The molecule has 0 aliphatic carbocycles. The quantitative estimate of drug-likeness (QED) is 0.251. The number of benzene rings is 2. The van der Waals surface area contributed by atoms with Crippen LogP contribution in [0.3, 0.4) is 0 Å². The third-order valence-electron chi connectivity index (χ3n) is 4.82. The molecule has 8 nitrogen and oxygen atoms in total. The Balaban J connectivity index is 0.00000220. The molecule has 3 rings (SSSR count). The topological polar surface area (TPSA) is 134 Å². The number of nitrogens with one attached hydrogen (secondary N) is 2. The monoisotopic (exact) mass is 528 g/mol. The second kappa shape index (κ2) is 18.5. The molecule has 6 N–H and O–H groups in total. The molecule has 9 heteroatoms. The fourth-order valence-corrected chi connectivity index (χ4v) is 3.32. The first-order valence-electron chi connectivity index (χ1n) is 11.2. The van der Waals surface area contributed by atoms with E-state index in [0.717, 1.165) is 73.5 Å². The molecule has 0 unspecified atom stereocenters. The number of phenolic OH excluding ortho intramolecular Hbond substituents is 2. The number of fused-ring (bicyclic) bond motifs is 4. The summed E-state index contributed by atoms with van der Waals surface area (Å²) in [5.74, 6) is 0.472. The second-order valence-corrected chi connectivity index (χ2v) is 7.56. The van der Waals surface area contributed by atoms with Gasteiger partial charge in [0.15, 0.2) is 12.4 Å². The van der Waals surface area contributed by atoms with E-state index >= 15 is 0 Å². The average molecular weight is 529 g/mol. The molecule has 0 fully saturated rings. The van der Waals surface area contributed by atoms with Crippen LogP contribution in [-0.2, 0) is 16.5 Å². The van der Waals surface area contributed by atoms with Crippen LogP contribution >= 0.6 is 0 Å². The summed E-state index contributed by atoms with van der Waals surface area (Å²) in [6.45, 7) is 6.76. The Labute approximate surface area is 217 Å². The van der Waals surface area contributed by atoms with Crippen LogP contribution in [-0.4, -0.2) is 85.7 Å². The van der Waals surface area contributed by atoms with Gasteiger partial charge in [-0.3, -0.25) is 9.98 Å². The Hall–Kier alpha value is -2.87. The molecule has 1 aliphatic rings. The molecular weight excluding hydrogens is 491 g/mol. The number of hydrogen-bond acceptors (Lipinski definition) is 6. The maximum absolute atomic E-state index is 10.5. The minimum Gasteiger partial charge on any atom is -0.506 e. The Morgan fingerprint density at radius 2 is 1.00 bits per heavy atom. The van der Waals surface area contributed by atoms with Crippen LogP contribution in [0.1, 0.15) is 46.2 Å². The first-order chi connectivity index (χ1) is 16.5. The van der Waals surface area contributed by atoms with Gasteiger partial charge < -0.3 is 20.4 Å². The molecule has 2 aromatic carbocycles. The van der Waals surface area contributed by atoms with Gasteiger partial charge in [0.25, 0.3) is 0 Å². The van der Waals surface area contributed by atoms with Gasteiger partial charge in [0.05, 0.1) is 17.5 Å². The van der Waals surface area contributed by atoms with Crippen molar-refractivity contribution in [3.8, 4) is 11.5 Å². The largest absolute Gasteiger partial charge is 0.506 e. The third-order valence-corrected chi connectivity index (χ3v) is 4.82. The Morgan fingerprint density at radius 3 is 1.40 bits per heavy atom. The number of hydrogen-bond donors (Lipinski definition) is 6. The van der Waals surface area contributed by atoms with Crippen LogP contribution in [0.5, 0.6) is 11.5 Å². The maximum atomic E-state index is 10.5. The van der Waals surface area contributed by atoms with E-state index in [2.05, 4.69) is 20.0 Å². The molecule has 0 atom stereocenters. The summed E-state index contributed by atoms with van der Waals surface area (Å²) >= 11 is 0. The van der Waals surface area contributed by atoms with E-state index in [9.17, 15) is 10.2 Å². The summed E-state index contributed by atoms with van der Waals surface area (Å²) in [6.07, 6.45) is 8.80. The number of aliphatic imine (C=N–C) groups is 2. The van der Waals surface area contributed by atoms with Crippen LogP contribution in [0.2, 0.25) is 0 Å². The number of aliphatic hydroxyl groups excluding tert-OH is 2. The minimum atomic E-state index is 0. The molecule has 4 bridgehead atoms. The summed E-state index contributed by atoms with van der Waals surface area (Å²) in [7, 11) is 2.00. The van der Waals surface area contributed by atoms with Gasteiger partial charge in [0.2, 0.25) is 0 Å². The van der Waals surface area contributed by atoms with E-state index in [1.165, 1.54) is 0 Å². The zero-order valence-corrected chi connectivity index (χ0v) is 21.8. The van der Waals surface area contributed by atoms with Gasteiger partial charge in [0.1, 0.15) is 24.6 Å². The fraction of sp³-hybridized carbons (Fsp3) is 0.385. The van der Waals surface area contributed by atoms with Crippen LogP contribution < -0.4 is 9.98 Å². The van der Waals surface area contributed by atoms with Crippen LogP contribution in [0, 0.1) is 13.8 Å². The summed E-state index contributed by atoms with van der Waals surface area (Å²) in [6, 6.07) is 7.76. The smallest absolute Gasteiger partial charge is 0.172 e. The van der Waals surface area contributed by atoms with E-state index in [-0.39, 0.29) is 28.0 Å². The summed E-state index contributed by atoms with van der Waals surface area (Å²) in [5.41, 5.74) is 5.09. The van der Waals surface area contributed by atoms with Crippen molar-refractivity contribution in [3.05, 3.63) is 57.6 Å². The molecule has 0 amide bonds. The second-order valence-electron chi connectivity index (χ2n) is 7.56. The van der Waals surface area contributed by atoms with Gasteiger partial charge >= 0.3 is 0 Å². The van der Waals surface area contributed by atoms with Gasteiger partial charge in [-0.25, -0.2) is 9.98 Å². The molecular formula is C26H38N4NiO4+2. The fourth-order valence-electron chi connectivity index (χ4n) is 3.32. The number of aryl methyl sites for hydroxylation is 2. The molecule has 1 aliphatic heterocycles. The first-order valence-corrected chi connectivity index (χ1v) is 11.2. The SMILES string of the molecule is CO.CO.Cc1cc2c(O)c(c1)C=[NH+]CCC[NH+]=Cc1cc(C)cc(c1O)C=NCCCN=C2.[Ni]. The number of rotatable bonds is 0. The Morgan fingerprint density at radius 1 is 0.629 bits per heavy atom. The predicted molar refractivity (Wildman–Crippen MR) is 138 cm³/mol. The number of aliphatic hydroxyl groups is 2. The molecule has 0 saturated carbocycles.